The zero-order chi connectivity index (χ0) is 14.3. The summed E-state index contributed by atoms with van der Waals surface area (Å²) in [5.41, 5.74) is 5.23. The number of benzene rings is 1. The van der Waals surface area contributed by atoms with Gasteiger partial charge < -0.3 is 4.74 Å². The molecule has 0 heterocycles. The Kier molecular flexibility index (Phi) is 5.37. The van der Waals surface area contributed by atoms with E-state index in [1.807, 2.05) is 30.3 Å². The maximum atomic E-state index is 11.5. The first-order valence-electron chi connectivity index (χ1n) is 5.98. The quantitative estimate of drug-likeness (QED) is 0.666. The van der Waals surface area contributed by atoms with Gasteiger partial charge in [0.2, 0.25) is 0 Å². The van der Waals surface area contributed by atoms with E-state index in [9.17, 15) is 4.79 Å². The zero-order valence-electron chi connectivity index (χ0n) is 11.5. The molecule has 1 aromatic carbocycles. The van der Waals surface area contributed by atoms with Gasteiger partial charge in [-0.2, -0.15) is 5.48 Å². The van der Waals surface area contributed by atoms with E-state index in [1.165, 1.54) is 0 Å². The van der Waals surface area contributed by atoms with Gasteiger partial charge >= 0.3 is 6.09 Å². The molecule has 4 heteroatoms. The van der Waals surface area contributed by atoms with Crippen LogP contribution in [-0.2, 0) is 9.57 Å². The largest absolute Gasteiger partial charge is 0.442 e. The molecule has 4 nitrogen and oxygen atoms in total. The summed E-state index contributed by atoms with van der Waals surface area (Å²) in [6.45, 7) is 8.86. The van der Waals surface area contributed by atoms with Gasteiger partial charge in [0.15, 0.2) is 0 Å². The molecule has 0 aliphatic rings. The summed E-state index contributed by atoms with van der Waals surface area (Å²) in [5.74, 6) is 0. The summed E-state index contributed by atoms with van der Waals surface area (Å²) in [5, 5.41) is 0. The first-order chi connectivity index (χ1) is 8.92. The second kappa shape index (κ2) is 6.78. The number of amides is 1. The van der Waals surface area contributed by atoms with Gasteiger partial charge in [0, 0.05) is 0 Å². The molecule has 19 heavy (non-hydrogen) atoms. The lowest BCUT2D eigenvalue weighted by Crippen LogP contribution is -2.33. The highest BCUT2D eigenvalue weighted by Gasteiger charge is 2.17. The average Bonchev–Trinajstić information content (AvgIpc) is 2.33. The number of hydroxylamine groups is 1. The number of carbonyl (C=O) groups excluding carboxylic acids is 1. The molecule has 0 aromatic heterocycles. The molecule has 0 aliphatic carbocycles. The predicted molar refractivity (Wildman–Crippen MR) is 73.3 cm³/mol. The maximum Gasteiger partial charge on any atom is 0.431 e. The minimum Gasteiger partial charge on any atom is -0.442 e. The molecule has 0 saturated carbocycles. The second-order valence-electron chi connectivity index (χ2n) is 4.92. The third kappa shape index (κ3) is 5.91. The van der Waals surface area contributed by atoms with Crippen LogP contribution in [0.2, 0.25) is 0 Å². The normalized spacial score (nSPS) is 12.2. The van der Waals surface area contributed by atoms with Crippen molar-refractivity contribution in [1.82, 2.24) is 5.48 Å². The van der Waals surface area contributed by atoms with Gasteiger partial charge in [0.25, 0.3) is 0 Å². The lowest BCUT2D eigenvalue weighted by molar-refractivity contribution is -0.0280. The molecule has 0 aliphatic heterocycles. The van der Waals surface area contributed by atoms with Gasteiger partial charge in [0.05, 0.1) is 0 Å². The van der Waals surface area contributed by atoms with Gasteiger partial charge in [-0.25, -0.2) is 4.79 Å². The molecular formula is C15H19NO3. The Hall–Kier alpha value is -2.03. The van der Waals surface area contributed by atoms with Crippen LogP contribution in [0.1, 0.15) is 32.4 Å². The van der Waals surface area contributed by atoms with Crippen LogP contribution in [0.3, 0.4) is 0 Å². The molecule has 1 aromatic rings. The Morgan fingerprint density at radius 1 is 1.37 bits per heavy atom. The standard InChI is InChI=1S/C15H19NO3/c1-5-9-13(12-10-7-6-8-11-12)19-16-14(17)18-15(2,3)4/h6-11,13H,1H2,2-4H3,(H,16,17). The van der Waals surface area contributed by atoms with Crippen LogP contribution < -0.4 is 5.48 Å². The van der Waals surface area contributed by atoms with Gasteiger partial charge in [-0.3, -0.25) is 4.84 Å². The van der Waals surface area contributed by atoms with Crippen LogP contribution in [0.4, 0.5) is 4.79 Å². The highest BCUT2D eigenvalue weighted by molar-refractivity contribution is 5.66. The number of hydrogen-bond acceptors (Lipinski definition) is 3. The van der Waals surface area contributed by atoms with Crippen molar-refractivity contribution in [3.63, 3.8) is 0 Å². The minimum absolute atomic E-state index is 0.453. The molecular weight excluding hydrogens is 242 g/mol. The fourth-order valence-electron chi connectivity index (χ4n) is 1.36. The van der Waals surface area contributed by atoms with Crippen molar-refractivity contribution in [3.05, 3.63) is 54.3 Å². The molecule has 0 radical (unpaired) electrons. The minimum atomic E-state index is -0.633. The number of rotatable bonds is 4. The number of carbonyl (C=O) groups is 1. The number of nitrogens with one attached hydrogen (secondary N) is 1. The average molecular weight is 261 g/mol. The van der Waals surface area contributed by atoms with Gasteiger partial charge in [-0.05, 0) is 32.4 Å². The Morgan fingerprint density at radius 3 is 2.53 bits per heavy atom. The van der Waals surface area contributed by atoms with Crippen LogP contribution in [0.5, 0.6) is 0 Å². The first kappa shape index (κ1) is 15.0. The van der Waals surface area contributed by atoms with Gasteiger partial charge in [-0.15, -0.1) is 5.73 Å². The van der Waals surface area contributed by atoms with Gasteiger partial charge in [0.1, 0.15) is 11.7 Å². The SMILES string of the molecule is C=C=CC(ONC(=O)OC(C)(C)C)c1ccccc1. The highest BCUT2D eigenvalue weighted by Crippen LogP contribution is 2.17. The maximum absolute atomic E-state index is 11.5. The molecule has 1 rings (SSSR count). The van der Waals surface area contributed by atoms with E-state index in [0.29, 0.717) is 0 Å². The van der Waals surface area contributed by atoms with Crippen molar-refractivity contribution in [2.45, 2.75) is 32.5 Å². The van der Waals surface area contributed by atoms with Crippen molar-refractivity contribution in [3.8, 4) is 0 Å². The molecule has 1 unspecified atom stereocenters. The van der Waals surface area contributed by atoms with E-state index in [-0.39, 0.29) is 0 Å². The lowest BCUT2D eigenvalue weighted by atomic mass is 10.1. The zero-order valence-corrected chi connectivity index (χ0v) is 11.5. The van der Waals surface area contributed by atoms with E-state index in [2.05, 4.69) is 17.8 Å². The topological polar surface area (TPSA) is 47.6 Å². The van der Waals surface area contributed by atoms with E-state index in [1.54, 1.807) is 26.8 Å². The summed E-state index contributed by atoms with van der Waals surface area (Å²) >= 11 is 0. The Balaban J connectivity index is 2.61. The van der Waals surface area contributed by atoms with Crippen LogP contribution in [-0.4, -0.2) is 11.7 Å². The first-order valence-corrected chi connectivity index (χ1v) is 5.98. The van der Waals surface area contributed by atoms with E-state index < -0.39 is 17.8 Å². The molecule has 0 spiro atoms. The molecule has 102 valence electrons. The van der Waals surface area contributed by atoms with E-state index in [4.69, 9.17) is 9.57 Å². The van der Waals surface area contributed by atoms with Crippen molar-refractivity contribution >= 4 is 6.09 Å². The van der Waals surface area contributed by atoms with Gasteiger partial charge in [-0.1, -0.05) is 36.9 Å². The van der Waals surface area contributed by atoms with Crippen molar-refractivity contribution in [2.75, 3.05) is 0 Å². The third-order valence-corrected chi connectivity index (χ3v) is 2.07. The molecule has 1 N–H and O–H groups in total. The number of ether oxygens (including phenoxy) is 1. The Labute approximate surface area is 113 Å². The van der Waals surface area contributed by atoms with Crippen LogP contribution in [0.25, 0.3) is 0 Å². The predicted octanol–water partition coefficient (Wildman–Crippen LogP) is 3.53. The molecule has 1 amide bonds. The number of hydrogen-bond donors (Lipinski definition) is 1. The van der Waals surface area contributed by atoms with Crippen molar-refractivity contribution in [1.29, 1.82) is 0 Å². The molecule has 1 atom stereocenters. The summed E-state index contributed by atoms with van der Waals surface area (Å²) in [6, 6.07) is 9.44. The fourth-order valence-corrected chi connectivity index (χ4v) is 1.36. The molecule has 0 bridgehead atoms. The summed E-state index contributed by atoms with van der Waals surface area (Å²) in [7, 11) is 0. The van der Waals surface area contributed by atoms with E-state index >= 15 is 0 Å². The second-order valence-corrected chi connectivity index (χ2v) is 4.92. The summed E-state index contributed by atoms with van der Waals surface area (Å²) in [6.07, 6.45) is 0.532. The van der Waals surface area contributed by atoms with Crippen LogP contribution >= 0.6 is 0 Å². The Morgan fingerprint density at radius 2 is 2.00 bits per heavy atom. The molecule has 0 fully saturated rings. The Bertz CT molecular complexity index is 456. The lowest BCUT2D eigenvalue weighted by Gasteiger charge is -2.20. The monoisotopic (exact) mass is 261 g/mol. The van der Waals surface area contributed by atoms with Crippen LogP contribution in [0.15, 0.2) is 48.7 Å². The summed E-state index contributed by atoms with van der Waals surface area (Å²) < 4.78 is 5.08. The smallest absolute Gasteiger partial charge is 0.431 e. The van der Waals surface area contributed by atoms with Crippen LogP contribution in [0, 0.1) is 0 Å². The highest BCUT2D eigenvalue weighted by atomic mass is 16.7. The third-order valence-electron chi connectivity index (χ3n) is 2.07. The molecule has 0 saturated heterocycles. The fraction of sp³-hybridized carbons (Fsp3) is 0.333. The van der Waals surface area contributed by atoms with Crippen molar-refractivity contribution < 1.29 is 14.4 Å². The summed E-state index contributed by atoms with van der Waals surface area (Å²) in [4.78, 5) is 16.8. The van der Waals surface area contributed by atoms with Crippen molar-refractivity contribution in [2.24, 2.45) is 0 Å². The van der Waals surface area contributed by atoms with E-state index in [0.717, 1.165) is 5.56 Å².